The maximum Gasteiger partial charge on any atom is 0.573 e. The fourth-order valence-corrected chi connectivity index (χ4v) is 6.31. The number of carbonyl (C=O) groups is 2. The number of ether oxygens (including phenoxy) is 1. The molecular weight excluding hydrogens is 629 g/mol. The number of hydrogen-bond acceptors (Lipinski definition) is 6. The fraction of sp³-hybridized carbons (Fsp3) is 0.324. The summed E-state index contributed by atoms with van der Waals surface area (Å²) in [6.45, 7) is 8.12. The summed E-state index contributed by atoms with van der Waals surface area (Å²) >= 11 is 1.27. The normalized spacial score (nSPS) is 15.0. The first-order valence-corrected chi connectivity index (χ1v) is 16.2. The SMILES string of the molecule is Cc1cccc(N2C(=O)CS/C2=N\C(=O)NC(C)CCCc2ccc(-c3ncn(-c4ccc(OC(F)(F)F)cc4)n3)cc2)c1C(C)C. The van der Waals surface area contributed by atoms with Crippen LogP contribution in [0, 0.1) is 6.92 Å². The maximum absolute atomic E-state index is 12.8. The van der Waals surface area contributed by atoms with Crippen LogP contribution in [0.4, 0.5) is 23.7 Å². The number of anilines is 1. The summed E-state index contributed by atoms with van der Waals surface area (Å²) < 4.78 is 42.6. The average molecular weight is 665 g/mol. The van der Waals surface area contributed by atoms with Crippen molar-refractivity contribution in [3.63, 3.8) is 0 Å². The topological polar surface area (TPSA) is 102 Å². The Labute approximate surface area is 275 Å². The van der Waals surface area contributed by atoms with Gasteiger partial charge in [-0.05, 0) is 86.1 Å². The van der Waals surface area contributed by atoms with Gasteiger partial charge in [-0.1, -0.05) is 62.0 Å². The molecule has 2 heterocycles. The van der Waals surface area contributed by atoms with Gasteiger partial charge in [-0.15, -0.1) is 18.3 Å². The smallest absolute Gasteiger partial charge is 0.406 e. The lowest BCUT2D eigenvalue weighted by molar-refractivity contribution is -0.274. The van der Waals surface area contributed by atoms with E-state index < -0.39 is 12.4 Å². The molecule has 3 aromatic carbocycles. The number of amidine groups is 1. The number of benzene rings is 3. The van der Waals surface area contributed by atoms with Crippen LogP contribution < -0.4 is 15.0 Å². The van der Waals surface area contributed by atoms with E-state index in [0.717, 1.165) is 47.2 Å². The van der Waals surface area contributed by atoms with Crippen LogP contribution in [-0.2, 0) is 11.2 Å². The number of aryl methyl sites for hydroxylation is 2. The molecule has 1 saturated heterocycles. The summed E-state index contributed by atoms with van der Waals surface area (Å²) in [6.07, 6.45) is -0.887. The van der Waals surface area contributed by atoms with Gasteiger partial charge in [0.1, 0.15) is 12.1 Å². The number of hydrogen-bond donors (Lipinski definition) is 1. The molecule has 1 aliphatic heterocycles. The molecule has 1 unspecified atom stereocenters. The minimum absolute atomic E-state index is 0.0922. The van der Waals surface area contributed by atoms with Gasteiger partial charge >= 0.3 is 12.4 Å². The van der Waals surface area contributed by atoms with E-state index in [4.69, 9.17) is 0 Å². The van der Waals surface area contributed by atoms with Crippen molar-refractivity contribution in [2.24, 2.45) is 4.99 Å². The standard InChI is InChI=1S/C34H35F3N6O3S/c1-21(2)30-22(3)7-5-10-28(30)43-29(44)19-47-33(43)40-32(45)39-23(4)8-6-9-24-11-13-25(14-12-24)31-38-20-42(41-31)26-15-17-27(18-16-26)46-34(35,36)37/h5,7,10-18,20-21,23H,6,8-9,19H2,1-4H3,(H,39,45)/b40-33-. The molecule has 0 spiro atoms. The van der Waals surface area contributed by atoms with Crippen LogP contribution in [0.25, 0.3) is 17.1 Å². The lowest BCUT2D eigenvalue weighted by Crippen LogP contribution is -2.34. The van der Waals surface area contributed by atoms with Gasteiger partial charge in [0.05, 0.1) is 17.1 Å². The van der Waals surface area contributed by atoms with E-state index in [9.17, 15) is 22.8 Å². The van der Waals surface area contributed by atoms with Crippen molar-refractivity contribution < 1.29 is 27.5 Å². The summed E-state index contributed by atoms with van der Waals surface area (Å²) in [5.41, 5.74) is 5.39. The molecule has 5 rings (SSSR count). The summed E-state index contributed by atoms with van der Waals surface area (Å²) in [7, 11) is 0. The monoisotopic (exact) mass is 664 g/mol. The van der Waals surface area contributed by atoms with Gasteiger partial charge in [0.2, 0.25) is 5.91 Å². The summed E-state index contributed by atoms with van der Waals surface area (Å²) in [5, 5.41) is 7.77. The largest absolute Gasteiger partial charge is 0.573 e. The zero-order valence-corrected chi connectivity index (χ0v) is 27.2. The molecule has 47 heavy (non-hydrogen) atoms. The Morgan fingerprint density at radius 3 is 2.47 bits per heavy atom. The molecule has 1 atom stereocenters. The molecular formula is C34H35F3N6O3S. The van der Waals surface area contributed by atoms with Gasteiger partial charge in [-0.2, -0.15) is 4.99 Å². The number of alkyl halides is 3. The Kier molecular flexibility index (Phi) is 10.3. The van der Waals surface area contributed by atoms with Crippen molar-refractivity contribution in [2.75, 3.05) is 10.7 Å². The number of aliphatic imine (C=N–C) groups is 1. The quantitative estimate of drug-likeness (QED) is 0.186. The van der Waals surface area contributed by atoms with Crippen molar-refractivity contribution in [1.29, 1.82) is 0 Å². The van der Waals surface area contributed by atoms with Gasteiger partial charge in [0.25, 0.3) is 0 Å². The Hall–Kier alpha value is -4.65. The minimum Gasteiger partial charge on any atom is -0.406 e. The van der Waals surface area contributed by atoms with Crippen LogP contribution >= 0.6 is 11.8 Å². The van der Waals surface area contributed by atoms with E-state index in [1.165, 1.54) is 47.0 Å². The predicted octanol–water partition coefficient (Wildman–Crippen LogP) is 7.82. The van der Waals surface area contributed by atoms with Crippen LogP contribution in [0.3, 0.4) is 0 Å². The predicted molar refractivity (Wildman–Crippen MR) is 177 cm³/mol. The zero-order chi connectivity index (χ0) is 33.7. The van der Waals surface area contributed by atoms with E-state index in [0.29, 0.717) is 16.7 Å². The van der Waals surface area contributed by atoms with Gasteiger partial charge in [0.15, 0.2) is 11.0 Å². The highest BCUT2D eigenvalue weighted by molar-refractivity contribution is 8.15. The lowest BCUT2D eigenvalue weighted by atomic mass is 9.95. The zero-order valence-electron chi connectivity index (χ0n) is 26.4. The highest BCUT2D eigenvalue weighted by Crippen LogP contribution is 2.35. The van der Waals surface area contributed by atoms with Crippen molar-refractivity contribution >= 4 is 34.6 Å². The van der Waals surface area contributed by atoms with Gasteiger partial charge in [-0.3, -0.25) is 9.69 Å². The number of nitrogens with one attached hydrogen (secondary N) is 1. The molecule has 0 bridgehead atoms. The Morgan fingerprint density at radius 2 is 1.79 bits per heavy atom. The number of rotatable bonds is 10. The molecule has 1 aliphatic rings. The Bertz CT molecular complexity index is 1750. The number of carbonyl (C=O) groups excluding carboxylic acids is 2. The second-order valence-corrected chi connectivity index (χ2v) is 12.5. The van der Waals surface area contributed by atoms with E-state index >= 15 is 0 Å². The van der Waals surface area contributed by atoms with E-state index in [1.54, 1.807) is 4.90 Å². The molecule has 3 amide bonds. The first-order valence-electron chi connectivity index (χ1n) is 15.2. The summed E-state index contributed by atoms with van der Waals surface area (Å²) in [5.74, 6) is 0.519. The molecule has 1 N–H and O–H groups in total. The van der Waals surface area contributed by atoms with E-state index in [1.807, 2.05) is 56.3 Å². The molecule has 0 saturated carbocycles. The third kappa shape index (κ3) is 8.59. The molecule has 1 fully saturated rings. The minimum atomic E-state index is -4.75. The van der Waals surface area contributed by atoms with Crippen molar-refractivity contribution in [3.05, 3.63) is 89.7 Å². The molecule has 0 aliphatic carbocycles. The van der Waals surface area contributed by atoms with Crippen LogP contribution in [0.2, 0.25) is 0 Å². The molecule has 9 nitrogen and oxygen atoms in total. The van der Waals surface area contributed by atoms with Crippen LogP contribution in [0.5, 0.6) is 5.75 Å². The summed E-state index contributed by atoms with van der Waals surface area (Å²) in [4.78, 5) is 35.8. The van der Waals surface area contributed by atoms with Gasteiger partial charge in [-0.25, -0.2) is 14.5 Å². The van der Waals surface area contributed by atoms with E-state index in [-0.39, 0.29) is 29.4 Å². The highest BCUT2D eigenvalue weighted by Gasteiger charge is 2.33. The molecule has 4 aromatic rings. The number of halogens is 3. The number of aromatic nitrogens is 3. The van der Waals surface area contributed by atoms with Gasteiger partial charge in [0, 0.05) is 11.6 Å². The Balaban J connectivity index is 1.12. The van der Waals surface area contributed by atoms with E-state index in [2.05, 4.69) is 39.0 Å². The molecule has 0 radical (unpaired) electrons. The first-order chi connectivity index (χ1) is 22.4. The number of amides is 3. The number of nitrogens with zero attached hydrogens (tertiary/aromatic N) is 5. The molecule has 246 valence electrons. The Morgan fingerprint density at radius 1 is 1.06 bits per heavy atom. The van der Waals surface area contributed by atoms with Crippen LogP contribution in [0.1, 0.15) is 56.2 Å². The first kappa shape index (κ1) is 33.7. The van der Waals surface area contributed by atoms with Crippen molar-refractivity contribution in [3.8, 4) is 22.8 Å². The fourth-order valence-electron chi connectivity index (χ4n) is 5.45. The average Bonchev–Trinajstić information content (AvgIpc) is 3.64. The van der Waals surface area contributed by atoms with Crippen molar-refractivity contribution in [2.45, 2.75) is 65.3 Å². The van der Waals surface area contributed by atoms with Crippen LogP contribution in [0.15, 0.2) is 78.0 Å². The third-order valence-corrected chi connectivity index (χ3v) is 8.52. The lowest BCUT2D eigenvalue weighted by Gasteiger charge is -2.23. The number of urea groups is 1. The maximum atomic E-state index is 12.8. The van der Waals surface area contributed by atoms with Crippen LogP contribution in [-0.4, -0.2) is 50.0 Å². The van der Waals surface area contributed by atoms with Crippen molar-refractivity contribution in [1.82, 2.24) is 20.1 Å². The second kappa shape index (κ2) is 14.4. The number of thioether (sulfide) groups is 1. The highest BCUT2D eigenvalue weighted by atomic mass is 32.2. The third-order valence-electron chi connectivity index (χ3n) is 7.59. The second-order valence-electron chi connectivity index (χ2n) is 11.6. The molecule has 13 heteroatoms. The summed E-state index contributed by atoms with van der Waals surface area (Å²) in [6, 6.07) is 18.5. The van der Waals surface area contributed by atoms with Gasteiger partial charge < -0.3 is 10.1 Å². The molecule has 1 aromatic heterocycles.